The smallest absolute Gasteiger partial charge is 0.227 e. The summed E-state index contributed by atoms with van der Waals surface area (Å²) in [6.07, 6.45) is 0.552. The van der Waals surface area contributed by atoms with E-state index in [0.29, 0.717) is 22.8 Å². The van der Waals surface area contributed by atoms with Crippen LogP contribution in [0, 0.1) is 17.1 Å². The van der Waals surface area contributed by atoms with Crippen molar-refractivity contribution < 1.29 is 9.50 Å². The fraction of sp³-hybridized carbons (Fsp3) is 0.0556. The van der Waals surface area contributed by atoms with Crippen molar-refractivity contribution in [2.75, 3.05) is 5.32 Å². The molecule has 1 heterocycles. The molecule has 0 bridgehead atoms. The molecule has 0 saturated carbocycles. The fourth-order valence-electron chi connectivity index (χ4n) is 2.16. The normalized spacial score (nSPS) is 11.5. The van der Waals surface area contributed by atoms with Gasteiger partial charge in [-0.3, -0.25) is 0 Å². The Kier molecular flexibility index (Phi) is 4.45. The van der Waals surface area contributed by atoms with Gasteiger partial charge in [0.2, 0.25) is 5.95 Å². The first-order valence-corrected chi connectivity index (χ1v) is 7.19. The number of nitrogens with one attached hydrogen (secondary N) is 1. The Balaban J connectivity index is 1.80. The molecule has 0 fully saturated rings. The van der Waals surface area contributed by atoms with Crippen molar-refractivity contribution in [2.24, 2.45) is 0 Å². The van der Waals surface area contributed by atoms with E-state index in [0.717, 1.165) is 5.69 Å². The van der Waals surface area contributed by atoms with Gasteiger partial charge in [-0.25, -0.2) is 14.4 Å². The molecule has 1 aromatic heterocycles. The number of hydrogen-bond acceptors (Lipinski definition) is 5. The molecular weight excluding hydrogens is 307 g/mol. The lowest BCUT2D eigenvalue weighted by molar-refractivity contribution is 0.215. The number of benzene rings is 2. The zero-order valence-electron chi connectivity index (χ0n) is 12.5. The molecule has 0 spiro atoms. The Morgan fingerprint density at radius 1 is 1.04 bits per heavy atom. The van der Waals surface area contributed by atoms with E-state index in [1.165, 1.54) is 30.5 Å². The second-order valence-electron chi connectivity index (χ2n) is 5.07. The standard InChI is InChI=1S/C18H13FN4O/c19-14-5-3-13(4-6-14)17(24)16-9-10-21-18(23-16)22-15-7-1-12(11-20)2-8-15/h1-10,17,24H,(H,21,22,23). The average Bonchev–Trinajstić information content (AvgIpc) is 2.63. The molecule has 2 N–H and O–H groups in total. The molecule has 0 aliphatic heterocycles. The molecule has 3 rings (SSSR count). The largest absolute Gasteiger partial charge is 0.382 e. The minimum atomic E-state index is -0.977. The van der Waals surface area contributed by atoms with Crippen LogP contribution in [-0.2, 0) is 0 Å². The summed E-state index contributed by atoms with van der Waals surface area (Å²) in [4.78, 5) is 8.39. The number of nitriles is 1. The third-order valence-corrected chi connectivity index (χ3v) is 3.41. The first-order chi connectivity index (χ1) is 11.7. The van der Waals surface area contributed by atoms with E-state index in [1.54, 1.807) is 30.3 Å². The van der Waals surface area contributed by atoms with Crippen molar-refractivity contribution in [3.05, 3.63) is 83.4 Å². The van der Waals surface area contributed by atoms with Gasteiger partial charge in [0.1, 0.15) is 11.9 Å². The highest BCUT2D eigenvalue weighted by Gasteiger charge is 2.13. The SMILES string of the molecule is N#Cc1ccc(Nc2nccc(C(O)c3ccc(F)cc3)n2)cc1. The minimum absolute atomic E-state index is 0.318. The molecular formula is C18H13FN4O. The highest BCUT2D eigenvalue weighted by atomic mass is 19.1. The van der Waals surface area contributed by atoms with Crippen molar-refractivity contribution >= 4 is 11.6 Å². The van der Waals surface area contributed by atoms with Gasteiger partial charge in [-0.2, -0.15) is 5.26 Å². The van der Waals surface area contributed by atoms with E-state index in [1.807, 2.05) is 6.07 Å². The molecule has 1 unspecified atom stereocenters. The van der Waals surface area contributed by atoms with Crippen LogP contribution in [0.3, 0.4) is 0 Å². The van der Waals surface area contributed by atoms with Crippen LogP contribution in [0.25, 0.3) is 0 Å². The van der Waals surface area contributed by atoms with Crippen molar-refractivity contribution in [3.63, 3.8) is 0 Å². The van der Waals surface area contributed by atoms with Crippen LogP contribution in [0.15, 0.2) is 60.8 Å². The molecule has 0 saturated heterocycles. The molecule has 1 atom stereocenters. The third-order valence-electron chi connectivity index (χ3n) is 3.41. The average molecular weight is 320 g/mol. The summed E-state index contributed by atoms with van der Waals surface area (Å²) in [7, 11) is 0. The quantitative estimate of drug-likeness (QED) is 0.770. The lowest BCUT2D eigenvalue weighted by atomic mass is 10.1. The molecule has 0 radical (unpaired) electrons. The van der Waals surface area contributed by atoms with Crippen LogP contribution in [0.5, 0.6) is 0 Å². The maximum absolute atomic E-state index is 13.0. The van der Waals surface area contributed by atoms with Crippen LogP contribution in [0.4, 0.5) is 16.0 Å². The predicted octanol–water partition coefficient (Wildman–Crippen LogP) is 3.31. The van der Waals surface area contributed by atoms with Crippen LogP contribution in [0.1, 0.15) is 22.9 Å². The van der Waals surface area contributed by atoms with Crippen molar-refractivity contribution in [1.29, 1.82) is 5.26 Å². The number of aliphatic hydroxyl groups is 1. The minimum Gasteiger partial charge on any atom is -0.382 e. The molecule has 0 aliphatic rings. The van der Waals surface area contributed by atoms with Gasteiger partial charge < -0.3 is 10.4 Å². The molecule has 0 amide bonds. The van der Waals surface area contributed by atoms with Crippen LogP contribution >= 0.6 is 0 Å². The maximum atomic E-state index is 13.0. The number of anilines is 2. The van der Waals surface area contributed by atoms with Gasteiger partial charge in [-0.05, 0) is 48.0 Å². The molecule has 24 heavy (non-hydrogen) atoms. The van der Waals surface area contributed by atoms with Gasteiger partial charge in [0.15, 0.2) is 0 Å². The maximum Gasteiger partial charge on any atom is 0.227 e. The van der Waals surface area contributed by atoms with Crippen LogP contribution in [0.2, 0.25) is 0 Å². The molecule has 118 valence electrons. The van der Waals surface area contributed by atoms with Gasteiger partial charge in [0.25, 0.3) is 0 Å². The Bertz CT molecular complexity index is 873. The van der Waals surface area contributed by atoms with Crippen molar-refractivity contribution in [2.45, 2.75) is 6.10 Å². The Hall–Kier alpha value is -3.30. The third kappa shape index (κ3) is 3.54. The van der Waals surface area contributed by atoms with Gasteiger partial charge in [0.05, 0.1) is 17.3 Å². The number of aliphatic hydroxyl groups excluding tert-OH is 1. The predicted molar refractivity (Wildman–Crippen MR) is 86.9 cm³/mol. The highest BCUT2D eigenvalue weighted by molar-refractivity contribution is 5.54. The van der Waals surface area contributed by atoms with Crippen molar-refractivity contribution in [3.8, 4) is 6.07 Å². The lowest BCUT2D eigenvalue weighted by Gasteiger charge is -2.12. The van der Waals surface area contributed by atoms with Crippen molar-refractivity contribution in [1.82, 2.24) is 9.97 Å². The van der Waals surface area contributed by atoms with Gasteiger partial charge in [-0.15, -0.1) is 0 Å². The Labute approximate surface area is 138 Å². The second-order valence-corrected chi connectivity index (χ2v) is 5.07. The Morgan fingerprint density at radius 3 is 2.42 bits per heavy atom. The molecule has 5 nitrogen and oxygen atoms in total. The number of hydrogen-bond donors (Lipinski definition) is 2. The van der Waals surface area contributed by atoms with E-state index in [9.17, 15) is 9.50 Å². The summed E-state index contributed by atoms with van der Waals surface area (Å²) < 4.78 is 13.0. The first kappa shape index (κ1) is 15.6. The van der Waals surface area contributed by atoms with E-state index >= 15 is 0 Å². The highest BCUT2D eigenvalue weighted by Crippen LogP contribution is 2.22. The van der Waals surface area contributed by atoms with Crippen LogP contribution in [-0.4, -0.2) is 15.1 Å². The van der Waals surface area contributed by atoms with E-state index in [-0.39, 0.29) is 5.82 Å². The van der Waals surface area contributed by atoms with E-state index in [2.05, 4.69) is 15.3 Å². The summed E-state index contributed by atoms with van der Waals surface area (Å²) in [5, 5.41) is 22.2. The summed E-state index contributed by atoms with van der Waals surface area (Å²) in [5.74, 6) is -0.0461. The molecule has 3 aromatic rings. The van der Waals surface area contributed by atoms with Gasteiger partial charge in [0, 0.05) is 11.9 Å². The first-order valence-electron chi connectivity index (χ1n) is 7.19. The molecule has 0 aliphatic carbocycles. The zero-order valence-corrected chi connectivity index (χ0v) is 12.5. The van der Waals surface area contributed by atoms with Gasteiger partial charge >= 0.3 is 0 Å². The summed E-state index contributed by atoms with van der Waals surface area (Å²) in [6, 6.07) is 16.1. The van der Waals surface area contributed by atoms with Gasteiger partial charge in [-0.1, -0.05) is 12.1 Å². The number of aromatic nitrogens is 2. The topological polar surface area (TPSA) is 81.8 Å². The van der Waals surface area contributed by atoms with E-state index < -0.39 is 6.10 Å². The van der Waals surface area contributed by atoms with E-state index in [4.69, 9.17) is 5.26 Å². The molecule has 2 aromatic carbocycles. The number of nitrogens with zero attached hydrogens (tertiary/aromatic N) is 3. The fourth-order valence-corrected chi connectivity index (χ4v) is 2.16. The number of halogens is 1. The summed E-state index contributed by atoms with van der Waals surface area (Å²) >= 11 is 0. The van der Waals surface area contributed by atoms with Crippen LogP contribution < -0.4 is 5.32 Å². The summed E-state index contributed by atoms with van der Waals surface area (Å²) in [5.41, 5.74) is 2.22. The second kappa shape index (κ2) is 6.86. The lowest BCUT2D eigenvalue weighted by Crippen LogP contribution is -2.05. The monoisotopic (exact) mass is 320 g/mol. The number of rotatable bonds is 4. The summed E-state index contributed by atoms with van der Waals surface area (Å²) in [6.45, 7) is 0. The molecule has 6 heteroatoms. The zero-order chi connectivity index (χ0) is 16.9. The Morgan fingerprint density at radius 2 is 1.75 bits per heavy atom.